The predicted octanol–water partition coefficient (Wildman–Crippen LogP) is 2.23. The molecule has 2 N–H and O–H groups in total. The number of hydrogen-bond donors (Lipinski definition) is 2. The minimum atomic E-state index is -3.83. The molecule has 0 aliphatic heterocycles. The van der Waals surface area contributed by atoms with Gasteiger partial charge in [-0.15, -0.1) is 0 Å². The molecule has 1 aromatic heterocycles. The molecule has 3 aromatic rings. The summed E-state index contributed by atoms with van der Waals surface area (Å²) in [4.78, 5) is 15.3. The van der Waals surface area contributed by atoms with Crippen LogP contribution in [0.15, 0.2) is 65.7 Å². The maximum Gasteiger partial charge on any atom is 0.324 e. The number of carbonyl (C=O) groups is 1. The Morgan fingerprint density at radius 1 is 1.12 bits per heavy atom. The van der Waals surface area contributed by atoms with Crippen molar-refractivity contribution in [3.8, 4) is 0 Å². The fourth-order valence-electron chi connectivity index (χ4n) is 2.69. The molecule has 1 heterocycles. The van der Waals surface area contributed by atoms with Gasteiger partial charge in [-0.25, -0.2) is 8.42 Å². The van der Waals surface area contributed by atoms with Gasteiger partial charge in [-0.1, -0.05) is 36.4 Å². The lowest BCUT2D eigenvalue weighted by atomic mass is 10.1. The Morgan fingerprint density at radius 3 is 2.52 bits per heavy atom. The summed E-state index contributed by atoms with van der Waals surface area (Å²) in [6.45, 7) is 0. The number of aromatic nitrogens is 1. The monoisotopic (exact) mass is 358 g/mol. The van der Waals surface area contributed by atoms with Gasteiger partial charge in [-0.05, 0) is 23.8 Å². The molecule has 0 aliphatic carbocycles. The van der Waals surface area contributed by atoms with Gasteiger partial charge in [-0.3, -0.25) is 4.79 Å². The molecular weight excluding hydrogens is 340 g/mol. The average molecular weight is 358 g/mol. The van der Waals surface area contributed by atoms with Crippen molar-refractivity contribution in [1.29, 1.82) is 0 Å². The van der Waals surface area contributed by atoms with E-state index in [-0.39, 0.29) is 11.3 Å². The number of sulfonamides is 1. The number of para-hydroxylation sites is 1. The van der Waals surface area contributed by atoms with Gasteiger partial charge >= 0.3 is 5.97 Å². The lowest BCUT2D eigenvalue weighted by Gasteiger charge is -2.16. The van der Waals surface area contributed by atoms with Crippen molar-refractivity contribution in [3.05, 3.63) is 66.4 Å². The van der Waals surface area contributed by atoms with Crippen LogP contribution in [-0.4, -0.2) is 32.5 Å². The summed E-state index contributed by atoms with van der Waals surface area (Å²) in [5.41, 5.74) is 1.76. The average Bonchev–Trinajstić information content (AvgIpc) is 3.04. The van der Waals surface area contributed by atoms with E-state index in [0.29, 0.717) is 0 Å². The Labute approximate surface area is 145 Å². The van der Waals surface area contributed by atoms with Gasteiger partial charge in [0.15, 0.2) is 0 Å². The van der Waals surface area contributed by atoms with Crippen LogP contribution in [0.25, 0.3) is 10.9 Å². The van der Waals surface area contributed by atoms with E-state index < -0.39 is 22.0 Å². The van der Waals surface area contributed by atoms with Gasteiger partial charge in [0.1, 0.15) is 6.04 Å². The van der Waals surface area contributed by atoms with E-state index in [1.165, 1.54) is 19.2 Å². The molecule has 3 rings (SSSR count). The number of esters is 1. The topological polar surface area (TPSA) is 88.3 Å². The molecule has 0 aliphatic rings. The number of aromatic amines is 1. The summed E-state index contributed by atoms with van der Waals surface area (Å²) in [7, 11) is -2.59. The lowest BCUT2D eigenvalue weighted by molar-refractivity contribution is -0.142. The van der Waals surface area contributed by atoms with E-state index in [4.69, 9.17) is 4.74 Å². The second-order valence-electron chi connectivity index (χ2n) is 5.57. The van der Waals surface area contributed by atoms with Gasteiger partial charge in [-0.2, -0.15) is 4.72 Å². The molecule has 25 heavy (non-hydrogen) atoms. The number of ether oxygens (including phenoxy) is 1. The fourth-order valence-corrected chi connectivity index (χ4v) is 3.90. The first-order chi connectivity index (χ1) is 12.0. The van der Waals surface area contributed by atoms with Crippen LogP contribution in [0.1, 0.15) is 5.56 Å². The molecule has 0 spiro atoms. The summed E-state index contributed by atoms with van der Waals surface area (Å²) in [5.74, 6) is -0.634. The first-order valence-electron chi connectivity index (χ1n) is 7.71. The Morgan fingerprint density at radius 2 is 1.80 bits per heavy atom. The van der Waals surface area contributed by atoms with E-state index in [1.807, 2.05) is 24.3 Å². The molecule has 2 aromatic carbocycles. The van der Waals surface area contributed by atoms with Crippen LogP contribution in [0.4, 0.5) is 0 Å². The molecule has 6 nitrogen and oxygen atoms in total. The number of hydrogen-bond acceptors (Lipinski definition) is 4. The summed E-state index contributed by atoms with van der Waals surface area (Å²) in [6, 6.07) is 14.5. The van der Waals surface area contributed by atoms with Crippen molar-refractivity contribution in [2.24, 2.45) is 0 Å². The number of benzene rings is 2. The predicted molar refractivity (Wildman–Crippen MR) is 94.6 cm³/mol. The molecule has 0 saturated heterocycles. The minimum absolute atomic E-state index is 0.0998. The van der Waals surface area contributed by atoms with Gasteiger partial charge in [0, 0.05) is 23.5 Å². The van der Waals surface area contributed by atoms with Crippen LogP contribution >= 0.6 is 0 Å². The quantitative estimate of drug-likeness (QED) is 0.662. The highest BCUT2D eigenvalue weighted by Crippen LogP contribution is 2.20. The maximum absolute atomic E-state index is 12.5. The highest BCUT2D eigenvalue weighted by molar-refractivity contribution is 7.89. The van der Waals surface area contributed by atoms with Gasteiger partial charge in [0.05, 0.1) is 12.0 Å². The van der Waals surface area contributed by atoms with Crippen molar-refractivity contribution in [3.63, 3.8) is 0 Å². The Bertz CT molecular complexity index is 980. The van der Waals surface area contributed by atoms with Crippen molar-refractivity contribution >= 4 is 26.9 Å². The first-order valence-corrected chi connectivity index (χ1v) is 9.20. The third kappa shape index (κ3) is 3.72. The second-order valence-corrected chi connectivity index (χ2v) is 7.29. The SMILES string of the molecule is COC(=O)[C@@H](Cc1c[nH]c2ccccc12)NS(=O)(=O)c1ccccc1. The molecule has 7 heteroatoms. The van der Waals surface area contributed by atoms with E-state index in [9.17, 15) is 13.2 Å². The third-order valence-corrected chi connectivity index (χ3v) is 5.42. The zero-order chi connectivity index (χ0) is 17.9. The highest BCUT2D eigenvalue weighted by Gasteiger charge is 2.27. The van der Waals surface area contributed by atoms with Crippen LogP contribution < -0.4 is 4.72 Å². The minimum Gasteiger partial charge on any atom is -0.468 e. The van der Waals surface area contributed by atoms with Gasteiger partial charge < -0.3 is 9.72 Å². The van der Waals surface area contributed by atoms with Crippen molar-refractivity contribution in [2.45, 2.75) is 17.4 Å². The number of rotatable bonds is 6. The molecule has 0 radical (unpaired) electrons. The number of methoxy groups -OCH3 is 1. The zero-order valence-corrected chi connectivity index (χ0v) is 14.4. The Kier molecular flexibility index (Phi) is 4.87. The fraction of sp³-hybridized carbons (Fsp3) is 0.167. The second kappa shape index (κ2) is 7.08. The zero-order valence-electron chi connectivity index (χ0n) is 13.6. The summed E-state index contributed by atoms with van der Waals surface area (Å²) in [6.07, 6.45) is 1.96. The van der Waals surface area contributed by atoms with Gasteiger partial charge in [0.2, 0.25) is 10.0 Å². The number of carbonyl (C=O) groups excluding carboxylic acids is 1. The highest BCUT2D eigenvalue weighted by atomic mass is 32.2. The summed E-state index contributed by atoms with van der Waals surface area (Å²) in [5, 5.41) is 0.940. The Balaban J connectivity index is 1.89. The molecular formula is C18H18N2O4S. The largest absolute Gasteiger partial charge is 0.468 e. The number of nitrogens with one attached hydrogen (secondary N) is 2. The van der Waals surface area contributed by atoms with Crippen molar-refractivity contribution in [2.75, 3.05) is 7.11 Å². The standard InChI is InChI=1S/C18H18N2O4S/c1-24-18(21)17(20-25(22,23)14-7-3-2-4-8-14)11-13-12-19-16-10-6-5-9-15(13)16/h2-10,12,17,19-20H,11H2,1H3/t17-/m1/s1. The number of fused-ring (bicyclic) bond motifs is 1. The van der Waals surface area contributed by atoms with Gasteiger partial charge in [0.25, 0.3) is 0 Å². The van der Waals surface area contributed by atoms with E-state index in [1.54, 1.807) is 24.4 Å². The normalized spacial score (nSPS) is 12.8. The van der Waals surface area contributed by atoms with E-state index in [2.05, 4.69) is 9.71 Å². The Hall–Kier alpha value is -2.64. The molecule has 0 fully saturated rings. The third-order valence-electron chi connectivity index (χ3n) is 3.94. The maximum atomic E-state index is 12.5. The van der Waals surface area contributed by atoms with Crippen LogP contribution in [-0.2, 0) is 26.0 Å². The van der Waals surface area contributed by atoms with Crippen LogP contribution in [0.2, 0.25) is 0 Å². The molecule has 0 unspecified atom stereocenters. The van der Waals surface area contributed by atoms with Crippen LogP contribution in [0.5, 0.6) is 0 Å². The van der Waals surface area contributed by atoms with Crippen LogP contribution in [0, 0.1) is 0 Å². The van der Waals surface area contributed by atoms with Crippen molar-refractivity contribution in [1.82, 2.24) is 9.71 Å². The molecule has 0 bridgehead atoms. The van der Waals surface area contributed by atoms with Crippen molar-refractivity contribution < 1.29 is 17.9 Å². The van der Waals surface area contributed by atoms with Crippen LogP contribution in [0.3, 0.4) is 0 Å². The molecule has 0 amide bonds. The van der Waals surface area contributed by atoms with E-state index >= 15 is 0 Å². The summed E-state index contributed by atoms with van der Waals surface area (Å²) >= 11 is 0. The molecule has 0 saturated carbocycles. The number of H-pyrrole nitrogens is 1. The smallest absolute Gasteiger partial charge is 0.324 e. The summed E-state index contributed by atoms with van der Waals surface area (Å²) < 4.78 is 32.3. The molecule has 130 valence electrons. The first kappa shape index (κ1) is 17.2. The van der Waals surface area contributed by atoms with E-state index in [0.717, 1.165) is 16.5 Å². The molecule has 1 atom stereocenters. The lowest BCUT2D eigenvalue weighted by Crippen LogP contribution is -2.42.